The van der Waals surface area contributed by atoms with Crippen LogP contribution in [-0.2, 0) is 0 Å². The van der Waals surface area contributed by atoms with Gasteiger partial charge in [0.2, 0.25) is 5.88 Å². The lowest BCUT2D eigenvalue weighted by Crippen LogP contribution is -2.01. The Bertz CT molecular complexity index is 302. The minimum atomic E-state index is 0.618. The van der Waals surface area contributed by atoms with Crippen LogP contribution in [0.5, 0.6) is 5.88 Å². The fraction of sp³-hybridized carbons (Fsp3) is 0.222. The van der Waals surface area contributed by atoms with Gasteiger partial charge in [-0.3, -0.25) is 0 Å². The van der Waals surface area contributed by atoms with Gasteiger partial charge in [-0.2, -0.15) is 0 Å². The van der Waals surface area contributed by atoms with E-state index in [1.165, 1.54) is 0 Å². The number of nitrogens with zero attached hydrogens (tertiary/aromatic N) is 1. The molecule has 1 aromatic heterocycles. The van der Waals surface area contributed by atoms with E-state index in [0.717, 1.165) is 15.8 Å². The molecule has 0 unspecified atom stereocenters. The molecule has 1 heterocycles. The van der Waals surface area contributed by atoms with E-state index in [1.807, 2.05) is 12.1 Å². The van der Waals surface area contributed by atoms with Crippen molar-refractivity contribution in [3.05, 3.63) is 28.5 Å². The molecule has 0 atom stereocenters. The maximum absolute atomic E-state index is 5.01. The quantitative estimate of drug-likeness (QED) is 0.682. The summed E-state index contributed by atoms with van der Waals surface area (Å²) in [6, 6.07) is 1.87. The number of hydrogen-bond acceptors (Lipinski definition) is 3. The molecule has 0 amide bonds. The molecule has 3 nitrogen and oxygen atoms in total. The monoisotopic (exact) mass is 290 g/mol. The molecular formula is C9H11IN2O. The molecule has 1 aromatic rings. The van der Waals surface area contributed by atoms with Crippen LogP contribution in [0, 0.1) is 3.57 Å². The molecule has 70 valence electrons. The van der Waals surface area contributed by atoms with Crippen molar-refractivity contribution in [2.45, 2.75) is 0 Å². The maximum Gasteiger partial charge on any atom is 0.215 e. The molecule has 0 saturated heterocycles. The Morgan fingerprint density at radius 2 is 2.54 bits per heavy atom. The number of nitrogens with one attached hydrogen (secondary N) is 1. The number of hydrogen-bond donors (Lipinski definition) is 1. The number of anilines is 1. The molecular weight excluding hydrogens is 279 g/mol. The number of halogens is 1. The van der Waals surface area contributed by atoms with Gasteiger partial charge in [0.1, 0.15) is 0 Å². The van der Waals surface area contributed by atoms with Crippen molar-refractivity contribution in [3.63, 3.8) is 0 Å². The van der Waals surface area contributed by atoms with Gasteiger partial charge in [0, 0.05) is 18.8 Å². The van der Waals surface area contributed by atoms with E-state index in [4.69, 9.17) is 4.74 Å². The minimum Gasteiger partial charge on any atom is -0.481 e. The average molecular weight is 290 g/mol. The summed E-state index contributed by atoms with van der Waals surface area (Å²) in [5.41, 5.74) is 1.02. The summed E-state index contributed by atoms with van der Waals surface area (Å²) in [5, 5.41) is 3.19. The molecule has 0 aliphatic heterocycles. The van der Waals surface area contributed by atoms with E-state index in [2.05, 4.69) is 39.5 Å². The molecule has 0 spiro atoms. The van der Waals surface area contributed by atoms with Crippen molar-refractivity contribution < 1.29 is 4.74 Å². The zero-order valence-corrected chi connectivity index (χ0v) is 9.54. The van der Waals surface area contributed by atoms with Gasteiger partial charge in [0.25, 0.3) is 0 Å². The van der Waals surface area contributed by atoms with Gasteiger partial charge in [0.05, 0.1) is 16.4 Å². The van der Waals surface area contributed by atoms with Crippen LogP contribution in [-0.4, -0.2) is 18.6 Å². The van der Waals surface area contributed by atoms with E-state index in [0.29, 0.717) is 5.88 Å². The highest BCUT2D eigenvalue weighted by Gasteiger charge is 2.00. The van der Waals surface area contributed by atoms with Crippen molar-refractivity contribution in [1.82, 2.24) is 4.98 Å². The minimum absolute atomic E-state index is 0.618. The number of methoxy groups -OCH3 is 1. The van der Waals surface area contributed by atoms with Gasteiger partial charge in [-0.1, -0.05) is 6.08 Å². The third-order valence-electron chi connectivity index (χ3n) is 1.48. The smallest absolute Gasteiger partial charge is 0.215 e. The third-order valence-corrected chi connectivity index (χ3v) is 2.34. The molecule has 4 heteroatoms. The molecule has 1 N–H and O–H groups in total. The average Bonchev–Trinajstić information content (AvgIpc) is 2.17. The van der Waals surface area contributed by atoms with Gasteiger partial charge in [-0.15, -0.1) is 6.58 Å². The standard InChI is InChI=1S/C9H11IN2O/c1-3-4-11-8-5-9(13-2)12-6-7(8)10/h3,5-6H,1,4H2,2H3,(H,11,12). The molecule has 0 aliphatic carbocycles. The Kier molecular flexibility index (Phi) is 4.01. The first-order valence-corrected chi connectivity index (χ1v) is 4.90. The van der Waals surface area contributed by atoms with Crippen LogP contribution in [0.2, 0.25) is 0 Å². The molecule has 0 aromatic carbocycles. The predicted molar refractivity (Wildman–Crippen MR) is 62.2 cm³/mol. The van der Waals surface area contributed by atoms with Crippen molar-refractivity contribution in [2.24, 2.45) is 0 Å². The molecule has 1 rings (SSSR count). The Balaban J connectivity index is 2.83. The van der Waals surface area contributed by atoms with E-state index in [1.54, 1.807) is 13.3 Å². The van der Waals surface area contributed by atoms with Gasteiger partial charge < -0.3 is 10.1 Å². The number of aromatic nitrogens is 1. The van der Waals surface area contributed by atoms with Gasteiger partial charge in [-0.25, -0.2) is 4.98 Å². The largest absolute Gasteiger partial charge is 0.481 e. The predicted octanol–water partition coefficient (Wildman–Crippen LogP) is 2.29. The van der Waals surface area contributed by atoms with Crippen LogP contribution < -0.4 is 10.1 Å². The van der Waals surface area contributed by atoms with Gasteiger partial charge in [0.15, 0.2) is 0 Å². The van der Waals surface area contributed by atoms with E-state index >= 15 is 0 Å². The number of ether oxygens (including phenoxy) is 1. The summed E-state index contributed by atoms with van der Waals surface area (Å²) in [6.07, 6.45) is 3.58. The van der Waals surface area contributed by atoms with E-state index in [9.17, 15) is 0 Å². The summed E-state index contributed by atoms with van der Waals surface area (Å²) in [5.74, 6) is 0.618. The van der Waals surface area contributed by atoms with Crippen LogP contribution in [0.1, 0.15) is 0 Å². The molecule has 13 heavy (non-hydrogen) atoms. The van der Waals surface area contributed by atoms with Crippen LogP contribution in [0.4, 0.5) is 5.69 Å². The lowest BCUT2D eigenvalue weighted by molar-refractivity contribution is 0.398. The summed E-state index contributed by atoms with van der Waals surface area (Å²) < 4.78 is 6.08. The zero-order chi connectivity index (χ0) is 9.68. The first-order valence-electron chi connectivity index (χ1n) is 3.82. The Morgan fingerprint density at radius 1 is 1.77 bits per heavy atom. The Hall–Kier alpha value is -0.780. The maximum atomic E-state index is 5.01. The highest BCUT2D eigenvalue weighted by atomic mass is 127. The van der Waals surface area contributed by atoms with Crippen LogP contribution in [0.3, 0.4) is 0 Å². The second-order valence-corrected chi connectivity index (χ2v) is 3.54. The molecule has 0 aliphatic rings. The highest BCUT2D eigenvalue weighted by Crippen LogP contribution is 2.20. The molecule has 0 fully saturated rings. The normalized spacial score (nSPS) is 9.38. The highest BCUT2D eigenvalue weighted by molar-refractivity contribution is 14.1. The van der Waals surface area contributed by atoms with Crippen LogP contribution in [0.25, 0.3) is 0 Å². The SMILES string of the molecule is C=CCNc1cc(OC)ncc1I. The molecule has 0 radical (unpaired) electrons. The van der Waals surface area contributed by atoms with Crippen molar-refractivity contribution in [2.75, 3.05) is 19.0 Å². The summed E-state index contributed by atoms with van der Waals surface area (Å²) in [6.45, 7) is 4.38. The summed E-state index contributed by atoms with van der Waals surface area (Å²) in [7, 11) is 1.60. The van der Waals surface area contributed by atoms with E-state index < -0.39 is 0 Å². The second-order valence-electron chi connectivity index (χ2n) is 2.38. The first kappa shape index (κ1) is 10.3. The Labute approximate surface area is 91.3 Å². The molecule has 0 saturated carbocycles. The fourth-order valence-electron chi connectivity index (χ4n) is 0.849. The Morgan fingerprint density at radius 3 is 3.15 bits per heavy atom. The van der Waals surface area contributed by atoms with Gasteiger partial charge in [-0.05, 0) is 22.6 Å². The number of pyridine rings is 1. The second kappa shape index (κ2) is 5.06. The zero-order valence-electron chi connectivity index (χ0n) is 7.38. The third kappa shape index (κ3) is 2.87. The first-order chi connectivity index (χ1) is 6.27. The number of rotatable bonds is 4. The van der Waals surface area contributed by atoms with E-state index in [-0.39, 0.29) is 0 Å². The lowest BCUT2D eigenvalue weighted by Gasteiger charge is -2.07. The van der Waals surface area contributed by atoms with Crippen LogP contribution in [0.15, 0.2) is 24.9 Å². The van der Waals surface area contributed by atoms with Crippen molar-refractivity contribution >= 4 is 28.3 Å². The molecule has 0 bridgehead atoms. The van der Waals surface area contributed by atoms with Crippen molar-refractivity contribution in [1.29, 1.82) is 0 Å². The van der Waals surface area contributed by atoms with Crippen LogP contribution >= 0.6 is 22.6 Å². The van der Waals surface area contributed by atoms with Gasteiger partial charge >= 0.3 is 0 Å². The fourth-order valence-corrected chi connectivity index (χ4v) is 1.33. The topological polar surface area (TPSA) is 34.1 Å². The lowest BCUT2D eigenvalue weighted by atomic mass is 10.4. The summed E-state index contributed by atoms with van der Waals surface area (Å²) in [4.78, 5) is 4.07. The summed E-state index contributed by atoms with van der Waals surface area (Å²) >= 11 is 2.22. The van der Waals surface area contributed by atoms with Crippen molar-refractivity contribution in [3.8, 4) is 5.88 Å².